The van der Waals surface area contributed by atoms with Crippen molar-refractivity contribution < 1.29 is 23.5 Å². The van der Waals surface area contributed by atoms with Gasteiger partial charge in [-0.2, -0.15) is 5.26 Å². The summed E-state index contributed by atoms with van der Waals surface area (Å²) in [6.45, 7) is 0. The van der Waals surface area contributed by atoms with Crippen molar-refractivity contribution in [3.8, 4) is 11.8 Å². The number of methoxy groups -OCH3 is 1. The summed E-state index contributed by atoms with van der Waals surface area (Å²) < 4.78 is 19.0. The second kappa shape index (κ2) is 10.2. The number of carbonyl (C=O) groups excluding carboxylic acids is 3. The number of halogens is 1. The first-order chi connectivity index (χ1) is 17.9. The molecule has 8 heteroatoms. The molecule has 3 aromatic rings. The number of amides is 1. The molecule has 2 aliphatic carbocycles. The predicted octanol–water partition coefficient (Wildman–Crippen LogP) is 4.61. The van der Waals surface area contributed by atoms with E-state index in [0.29, 0.717) is 34.9 Å². The van der Waals surface area contributed by atoms with E-state index >= 15 is 0 Å². The van der Waals surface area contributed by atoms with Crippen molar-refractivity contribution in [1.82, 2.24) is 10.3 Å². The van der Waals surface area contributed by atoms with E-state index in [9.17, 15) is 24.0 Å². The molecule has 2 aliphatic rings. The highest BCUT2D eigenvalue weighted by molar-refractivity contribution is 6.02. The fraction of sp³-hybridized carbons (Fsp3) is 0.379. The van der Waals surface area contributed by atoms with Crippen LogP contribution in [-0.4, -0.2) is 35.6 Å². The van der Waals surface area contributed by atoms with Crippen LogP contribution in [0, 0.1) is 29.0 Å². The summed E-state index contributed by atoms with van der Waals surface area (Å²) in [5.41, 5.74) is 2.52. The number of nitrogens with one attached hydrogen (secondary N) is 2. The van der Waals surface area contributed by atoms with Crippen molar-refractivity contribution in [3.05, 3.63) is 65.1 Å². The van der Waals surface area contributed by atoms with Gasteiger partial charge in [-0.25, -0.2) is 4.39 Å². The standard InChI is InChI=1S/C29H28FN3O4/c1-37-28-4-2-3-24-23(28)14-25(33-24)27(35)12-18(9-16-5-6-16)29(36)32-20(15-31)13-22-21-8-7-19(30)10-17(21)11-26(22)34/h2-4,7-8,10,14,16,18,20,22,33H,5-6,9,11-13H2,1H3,(H,32,36). The number of aromatic amines is 1. The first-order valence-corrected chi connectivity index (χ1v) is 12.6. The number of ketones is 2. The Labute approximate surface area is 214 Å². The predicted molar refractivity (Wildman–Crippen MR) is 135 cm³/mol. The Kier molecular flexibility index (Phi) is 6.79. The van der Waals surface area contributed by atoms with E-state index < -0.39 is 23.7 Å². The summed E-state index contributed by atoms with van der Waals surface area (Å²) in [5.74, 6) is -1.13. The lowest BCUT2D eigenvalue weighted by molar-refractivity contribution is -0.126. The van der Waals surface area contributed by atoms with Gasteiger partial charge in [0, 0.05) is 35.6 Å². The minimum Gasteiger partial charge on any atom is -0.496 e. The largest absolute Gasteiger partial charge is 0.496 e. The van der Waals surface area contributed by atoms with Crippen molar-refractivity contribution in [1.29, 1.82) is 5.26 Å². The summed E-state index contributed by atoms with van der Waals surface area (Å²) in [6.07, 6.45) is 2.87. The van der Waals surface area contributed by atoms with Gasteiger partial charge < -0.3 is 15.0 Å². The third-order valence-electron chi connectivity index (χ3n) is 7.44. The zero-order valence-electron chi connectivity index (χ0n) is 20.6. The summed E-state index contributed by atoms with van der Waals surface area (Å²) in [7, 11) is 1.57. The molecule has 2 aromatic carbocycles. The lowest BCUT2D eigenvalue weighted by Gasteiger charge is -2.20. The molecule has 0 spiro atoms. The third-order valence-corrected chi connectivity index (χ3v) is 7.44. The van der Waals surface area contributed by atoms with Gasteiger partial charge in [0.1, 0.15) is 23.4 Å². The normalized spacial score (nSPS) is 18.2. The average Bonchev–Trinajstić information content (AvgIpc) is 3.50. The molecule has 2 N–H and O–H groups in total. The van der Waals surface area contributed by atoms with Crippen LogP contribution in [0.15, 0.2) is 42.5 Å². The van der Waals surface area contributed by atoms with Gasteiger partial charge in [-0.15, -0.1) is 0 Å². The second-order valence-electron chi connectivity index (χ2n) is 10.1. The summed E-state index contributed by atoms with van der Waals surface area (Å²) >= 11 is 0. The molecule has 37 heavy (non-hydrogen) atoms. The van der Waals surface area contributed by atoms with Crippen molar-refractivity contribution in [2.24, 2.45) is 11.8 Å². The molecule has 1 heterocycles. The molecule has 1 aromatic heterocycles. The van der Waals surface area contributed by atoms with E-state index in [-0.39, 0.29) is 36.7 Å². The molecule has 1 amide bonds. The zero-order chi connectivity index (χ0) is 26.1. The average molecular weight is 502 g/mol. The molecule has 1 fully saturated rings. The summed E-state index contributed by atoms with van der Waals surface area (Å²) in [6, 6.07) is 12.7. The molecule has 5 rings (SSSR count). The third kappa shape index (κ3) is 5.26. The fourth-order valence-corrected chi connectivity index (χ4v) is 5.31. The highest BCUT2D eigenvalue weighted by Gasteiger charge is 2.35. The Bertz CT molecular complexity index is 1420. The molecular formula is C29H28FN3O4. The Balaban J connectivity index is 1.29. The van der Waals surface area contributed by atoms with Crippen molar-refractivity contribution in [2.75, 3.05) is 7.11 Å². The maximum atomic E-state index is 13.6. The molecule has 0 saturated heterocycles. The van der Waals surface area contributed by atoms with Crippen LogP contribution in [0.25, 0.3) is 10.9 Å². The Morgan fingerprint density at radius 2 is 2.03 bits per heavy atom. The SMILES string of the molecule is COc1cccc2[nH]c(C(=O)CC(CC3CC3)C(=O)NC(C#N)CC3C(=O)Cc4cc(F)ccc43)cc12. The Morgan fingerprint density at radius 3 is 2.76 bits per heavy atom. The minimum atomic E-state index is -0.897. The maximum absolute atomic E-state index is 13.6. The van der Waals surface area contributed by atoms with Crippen LogP contribution in [-0.2, 0) is 16.0 Å². The van der Waals surface area contributed by atoms with Crippen molar-refractivity contribution in [3.63, 3.8) is 0 Å². The summed E-state index contributed by atoms with van der Waals surface area (Å²) in [5, 5.41) is 13.3. The number of nitrogens with zero attached hydrogens (tertiary/aromatic N) is 1. The number of benzene rings is 2. The Hall–Kier alpha value is -3.99. The molecule has 1 saturated carbocycles. The first-order valence-electron chi connectivity index (χ1n) is 12.6. The van der Waals surface area contributed by atoms with Crippen molar-refractivity contribution in [2.45, 2.75) is 50.5 Å². The molecule has 0 bridgehead atoms. The minimum absolute atomic E-state index is 0.0140. The number of hydrogen-bond donors (Lipinski definition) is 2. The van der Waals surface area contributed by atoms with E-state index in [1.54, 1.807) is 19.2 Å². The topological polar surface area (TPSA) is 112 Å². The molecule has 0 radical (unpaired) electrons. The smallest absolute Gasteiger partial charge is 0.224 e. The lowest BCUT2D eigenvalue weighted by Crippen LogP contribution is -2.40. The number of aromatic nitrogens is 1. The summed E-state index contributed by atoms with van der Waals surface area (Å²) in [4.78, 5) is 42.2. The monoisotopic (exact) mass is 501 g/mol. The van der Waals surface area contributed by atoms with Gasteiger partial charge in [0.25, 0.3) is 0 Å². The molecule has 7 nitrogen and oxygen atoms in total. The number of H-pyrrole nitrogens is 1. The quantitative estimate of drug-likeness (QED) is 0.394. The van der Waals surface area contributed by atoms with Crippen LogP contribution in [0.3, 0.4) is 0 Å². The van der Waals surface area contributed by atoms with E-state index in [1.165, 1.54) is 12.1 Å². The first kappa shape index (κ1) is 24.7. The van der Waals surface area contributed by atoms with Gasteiger partial charge >= 0.3 is 0 Å². The highest BCUT2D eigenvalue weighted by atomic mass is 19.1. The number of Topliss-reactive ketones (excluding diaryl/α,β-unsaturated/α-hetero) is 2. The van der Waals surface area contributed by atoms with Crippen LogP contribution in [0.4, 0.5) is 4.39 Å². The van der Waals surface area contributed by atoms with E-state index in [4.69, 9.17) is 4.74 Å². The highest BCUT2D eigenvalue weighted by Crippen LogP contribution is 2.38. The molecule has 0 aliphatic heterocycles. The number of fused-ring (bicyclic) bond motifs is 2. The van der Waals surface area contributed by atoms with Crippen molar-refractivity contribution >= 4 is 28.4 Å². The van der Waals surface area contributed by atoms with Gasteiger partial charge in [0.15, 0.2) is 5.78 Å². The Morgan fingerprint density at radius 1 is 1.22 bits per heavy atom. The molecule has 3 unspecified atom stereocenters. The van der Waals surface area contributed by atoms with Crippen LogP contribution in [0.5, 0.6) is 5.75 Å². The number of carbonyl (C=O) groups is 3. The van der Waals surface area contributed by atoms with Crippen LogP contribution in [0.2, 0.25) is 0 Å². The number of hydrogen-bond acceptors (Lipinski definition) is 5. The van der Waals surface area contributed by atoms with Gasteiger partial charge in [-0.1, -0.05) is 25.0 Å². The lowest BCUT2D eigenvalue weighted by atomic mass is 9.91. The maximum Gasteiger partial charge on any atom is 0.224 e. The van der Waals surface area contributed by atoms with Crippen LogP contribution < -0.4 is 10.1 Å². The molecule has 3 atom stereocenters. The number of rotatable bonds is 10. The fourth-order valence-electron chi connectivity index (χ4n) is 5.31. The van der Waals surface area contributed by atoms with Crippen LogP contribution >= 0.6 is 0 Å². The van der Waals surface area contributed by atoms with Gasteiger partial charge in [0.2, 0.25) is 5.91 Å². The molecular weight excluding hydrogens is 473 g/mol. The van der Waals surface area contributed by atoms with E-state index in [1.807, 2.05) is 18.2 Å². The number of ether oxygens (including phenoxy) is 1. The zero-order valence-corrected chi connectivity index (χ0v) is 20.6. The van der Waals surface area contributed by atoms with Gasteiger partial charge in [0.05, 0.1) is 18.9 Å². The van der Waals surface area contributed by atoms with Gasteiger partial charge in [-0.3, -0.25) is 14.4 Å². The second-order valence-corrected chi connectivity index (χ2v) is 10.1. The van der Waals surface area contributed by atoms with Gasteiger partial charge in [-0.05, 0) is 60.2 Å². The molecule has 190 valence electrons. The van der Waals surface area contributed by atoms with Crippen LogP contribution in [0.1, 0.15) is 59.6 Å². The van der Waals surface area contributed by atoms with E-state index in [2.05, 4.69) is 16.4 Å². The number of nitriles is 1. The van der Waals surface area contributed by atoms with E-state index in [0.717, 1.165) is 23.7 Å².